The first-order valence-electron chi connectivity index (χ1n) is 7.02. The molecule has 0 atom stereocenters. The predicted molar refractivity (Wildman–Crippen MR) is 84.4 cm³/mol. The maximum absolute atomic E-state index is 12.4. The van der Waals surface area contributed by atoms with Crippen LogP contribution in [-0.4, -0.2) is 18.0 Å². The van der Waals surface area contributed by atoms with Crippen LogP contribution in [0.2, 0.25) is 0 Å². The van der Waals surface area contributed by atoms with Crippen LogP contribution in [0, 0.1) is 0 Å². The molecule has 0 saturated heterocycles. The second-order valence-electron chi connectivity index (χ2n) is 4.97. The van der Waals surface area contributed by atoms with Gasteiger partial charge in [0.15, 0.2) is 0 Å². The third-order valence-corrected chi connectivity index (χ3v) is 4.80. The average Bonchev–Trinajstić information content (AvgIpc) is 3.00. The molecular formula is C15H15N3O4S. The molecule has 0 spiro atoms. The van der Waals surface area contributed by atoms with E-state index in [1.165, 1.54) is 30.3 Å². The number of fused-ring (bicyclic) bond motifs is 1. The van der Waals surface area contributed by atoms with Gasteiger partial charge in [-0.3, -0.25) is 0 Å². The number of nitrogens with one attached hydrogen (secondary N) is 1. The molecule has 0 unspecified atom stereocenters. The van der Waals surface area contributed by atoms with Crippen molar-refractivity contribution in [1.82, 2.24) is 14.3 Å². The van der Waals surface area contributed by atoms with E-state index in [2.05, 4.69) is 9.71 Å². The number of aromatic nitrogens is 2. The minimum atomic E-state index is -3.68. The summed E-state index contributed by atoms with van der Waals surface area (Å²) in [5, 5.41) is 0.544. The molecular weight excluding hydrogens is 318 g/mol. The first-order valence-corrected chi connectivity index (χ1v) is 8.50. The van der Waals surface area contributed by atoms with Gasteiger partial charge in [0.1, 0.15) is 5.58 Å². The van der Waals surface area contributed by atoms with Crippen molar-refractivity contribution < 1.29 is 12.8 Å². The summed E-state index contributed by atoms with van der Waals surface area (Å²) in [4.78, 5) is 15.4. The molecule has 23 heavy (non-hydrogen) atoms. The van der Waals surface area contributed by atoms with Crippen LogP contribution in [0.4, 0.5) is 0 Å². The van der Waals surface area contributed by atoms with Crippen molar-refractivity contribution in [1.29, 1.82) is 0 Å². The summed E-state index contributed by atoms with van der Waals surface area (Å²) in [7, 11) is -3.68. The van der Waals surface area contributed by atoms with Gasteiger partial charge in [-0.25, -0.2) is 22.9 Å². The molecule has 8 heteroatoms. The van der Waals surface area contributed by atoms with Gasteiger partial charge in [-0.15, -0.1) is 0 Å². The summed E-state index contributed by atoms with van der Waals surface area (Å²) in [5.41, 5.74) is 0.512. The van der Waals surface area contributed by atoms with Crippen LogP contribution in [0.1, 0.15) is 12.6 Å². The summed E-state index contributed by atoms with van der Waals surface area (Å²) in [6.45, 7) is 2.86. The molecule has 120 valence electrons. The lowest BCUT2D eigenvalue weighted by atomic mass is 10.2. The van der Waals surface area contributed by atoms with Crippen LogP contribution in [-0.2, 0) is 23.1 Å². The zero-order chi connectivity index (χ0) is 16.4. The molecule has 3 rings (SSSR count). The lowest BCUT2D eigenvalue weighted by Gasteiger charge is -2.06. The minimum Gasteiger partial charge on any atom is -0.423 e. The van der Waals surface area contributed by atoms with Gasteiger partial charge in [0.2, 0.25) is 10.0 Å². The zero-order valence-electron chi connectivity index (χ0n) is 12.4. The van der Waals surface area contributed by atoms with Gasteiger partial charge >= 0.3 is 5.63 Å². The van der Waals surface area contributed by atoms with Crippen LogP contribution >= 0.6 is 0 Å². The highest BCUT2D eigenvalue weighted by molar-refractivity contribution is 7.89. The van der Waals surface area contributed by atoms with Crippen molar-refractivity contribution in [3.8, 4) is 0 Å². The molecule has 7 nitrogen and oxygen atoms in total. The fourth-order valence-electron chi connectivity index (χ4n) is 2.14. The normalized spacial score (nSPS) is 11.9. The second-order valence-corrected chi connectivity index (χ2v) is 6.74. The quantitative estimate of drug-likeness (QED) is 0.714. The smallest absolute Gasteiger partial charge is 0.336 e. The Morgan fingerprint density at radius 1 is 1.26 bits per heavy atom. The fraction of sp³-hybridized carbons (Fsp3) is 0.200. The van der Waals surface area contributed by atoms with Gasteiger partial charge in [0.05, 0.1) is 23.5 Å². The molecule has 0 fully saturated rings. The summed E-state index contributed by atoms with van der Waals surface area (Å²) in [6, 6.07) is 7.12. The lowest BCUT2D eigenvalue weighted by Crippen LogP contribution is -2.23. The Balaban J connectivity index is 1.84. The SMILES string of the molecule is CCn1cnc(CNS(=O)(=O)c2ccc3oc(=O)ccc3c2)c1. The number of hydrogen-bond acceptors (Lipinski definition) is 5. The molecule has 0 saturated carbocycles. The highest BCUT2D eigenvalue weighted by Crippen LogP contribution is 2.17. The molecule has 1 N–H and O–H groups in total. The molecule has 1 aromatic carbocycles. The van der Waals surface area contributed by atoms with Gasteiger partial charge < -0.3 is 8.98 Å². The molecule has 0 amide bonds. The minimum absolute atomic E-state index is 0.105. The van der Waals surface area contributed by atoms with E-state index in [9.17, 15) is 13.2 Å². The number of imidazole rings is 1. The summed E-state index contributed by atoms with van der Waals surface area (Å²) < 4.78 is 34.1. The summed E-state index contributed by atoms with van der Waals surface area (Å²) in [5.74, 6) is 0. The molecule has 3 aromatic rings. The van der Waals surface area contributed by atoms with Gasteiger partial charge in [-0.05, 0) is 31.2 Å². The lowest BCUT2D eigenvalue weighted by molar-refractivity contribution is 0.560. The van der Waals surface area contributed by atoms with E-state index < -0.39 is 15.6 Å². The van der Waals surface area contributed by atoms with Crippen LogP contribution < -0.4 is 10.3 Å². The molecule has 0 radical (unpaired) electrons. The maximum Gasteiger partial charge on any atom is 0.336 e. The van der Waals surface area contributed by atoms with E-state index in [4.69, 9.17) is 4.42 Å². The van der Waals surface area contributed by atoms with Crippen LogP contribution in [0.5, 0.6) is 0 Å². The second kappa shape index (κ2) is 5.98. The van der Waals surface area contributed by atoms with E-state index in [0.717, 1.165) is 6.54 Å². The van der Waals surface area contributed by atoms with E-state index >= 15 is 0 Å². The summed E-state index contributed by atoms with van der Waals surface area (Å²) >= 11 is 0. The molecule has 0 aliphatic rings. The van der Waals surface area contributed by atoms with E-state index in [-0.39, 0.29) is 11.4 Å². The number of rotatable bonds is 5. The van der Waals surface area contributed by atoms with E-state index in [1.807, 2.05) is 11.5 Å². The standard InChI is InChI=1S/C15H15N3O4S/c1-2-18-9-12(16-10-18)8-17-23(20,21)13-4-5-14-11(7-13)3-6-15(19)22-14/h3-7,9-10,17H,2,8H2,1H3. The average molecular weight is 333 g/mol. The van der Waals surface area contributed by atoms with E-state index in [0.29, 0.717) is 16.7 Å². The number of sulfonamides is 1. The highest BCUT2D eigenvalue weighted by atomic mass is 32.2. The Hall–Kier alpha value is -2.45. The van der Waals surface area contributed by atoms with Gasteiger partial charge in [-0.1, -0.05) is 0 Å². The number of nitrogens with zero attached hydrogens (tertiary/aromatic N) is 2. The monoisotopic (exact) mass is 333 g/mol. The number of hydrogen-bond donors (Lipinski definition) is 1. The Morgan fingerprint density at radius 3 is 2.83 bits per heavy atom. The Bertz CT molecular complexity index is 1000. The van der Waals surface area contributed by atoms with E-state index in [1.54, 1.807) is 12.5 Å². The van der Waals surface area contributed by atoms with Gasteiger partial charge in [0, 0.05) is 24.2 Å². The Kier molecular flexibility index (Phi) is 4.01. The van der Waals surface area contributed by atoms with Gasteiger partial charge in [0.25, 0.3) is 0 Å². The van der Waals surface area contributed by atoms with Crippen LogP contribution in [0.25, 0.3) is 11.0 Å². The topological polar surface area (TPSA) is 94.2 Å². The van der Waals surface area contributed by atoms with Crippen molar-refractivity contribution >= 4 is 21.0 Å². The van der Waals surface area contributed by atoms with Gasteiger partial charge in [-0.2, -0.15) is 0 Å². The van der Waals surface area contributed by atoms with Crippen LogP contribution in [0.15, 0.2) is 57.0 Å². The van der Waals surface area contributed by atoms with Crippen molar-refractivity contribution in [3.05, 3.63) is 59.0 Å². The third kappa shape index (κ3) is 3.33. The predicted octanol–water partition coefficient (Wildman–Crippen LogP) is 1.49. The fourth-order valence-corrected chi connectivity index (χ4v) is 3.17. The first kappa shape index (κ1) is 15.4. The van der Waals surface area contributed by atoms with Crippen molar-refractivity contribution in [2.24, 2.45) is 0 Å². The molecule has 2 aromatic heterocycles. The third-order valence-electron chi connectivity index (χ3n) is 3.40. The van der Waals surface area contributed by atoms with Crippen molar-refractivity contribution in [2.75, 3.05) is 0 Å². The number of benzene rings is 1. The maximum atomic E-state index is 12.4. The molecule has 2 heterocycles. The van der Waals surface area contributed by atoms with Crippen molar-refractivity contribution in [2.45, 2.75) is 24.9 Å². The number of aryl methyl sites for hydroxylation is 1. The highest BCUT2D eigenvalue weighted by Gasteiger charge is 2.15. The molecule has 0 bridgehead atoms. The largest absolute Gasteiger partial charge is 0.423 e. The molecule has 0 aliphatic carbocycles. The summed E-state index contributed by atoms with van der Waals surface area (Å²) in [6.07, 6.45) is 3.44. The zero-order valence-corrected chi connectivity index (χ0v) is 13.2. The Morgan fingerprint density at radius 2 is 2.09 bits per heavy atom. The first-order chi connectivity index (χ1) is 11.0. The van der Waals surface area contributed by atoms with Crippen molar-refractivity contribution in [3.63, 3.8) is 0 Å². The molecule has 0 aliphatic heterocycles. The Labute approximate surface area is 132 Å². The van der Waals surface area contributed by atoms with Crippen LogP contribution in [0.3, 0.4) is 0 Å².